The first kappa shape index (κ1) is 17.1. The van der Waals surface area contributed by atoms with Gasteiger partial charge >= 0.3 is 0 Å². The molecular formula is C21H30N2O. The first-order valence-electron chi connectivity index (χ1n) is 9.46. The number of hydrogen-bond donors (Lipinski definition) is 1. The van der Waals surface area contributed by atoms with Crippen LogP contribution in [-0.4, -0.2) is 16.5 Å². The molecule has 1 heterocycles. The molecule has 1 aliphatic carbocycles. The molecule has 0 bridgehead atoms. The fraction of sp³-hybridized carbons (Fsp3) is 0.571. The lowest BCUT2D eigenvalue weighted by atomic mass is 9.78. The molecule has 0 aliphatic heterocycles. The van der Waals surface area contributed by atoms with Crippen LogP contribution in [0.2, 0.25) is 0 Å². The highest BCUT2D eigenvalue weighted by atomic mass is 16.1. The van der Waals surface area contributed by atoms with Gasteiger partial charge < -0.3 is 9.88 Å². The van der Waals surface area contributed by atoms with Gasteiger partial charge in [0.1, 0.15) is 0 Å². The van der Waals surface area contributed by atoms with E-state index in [1.54, 1.807) is 0 Å². The molecule has 1 aromatic carbocycles. The van der Waals surface area contributed by atoms with Crippen LogP contribution in [0.4, 0.5) is 0 Å². The van der Waals surface area contributed by atoms with Gasteiger partial charge in [0.2, 0.25) is 5.91 Å². The Bertz CT molecular complexity index is 703. The van der Waals surface area contributed by atoms with E-state index in [0.29, 0.717) is 24.3 Å². The molecule has 3 rings (SSSR count). The second-order valence-corrected chi connectivity index (χ2v) is 7.40. The molecule has 0 spiro atoms. The average molecular weight is 326 g/mol. The largest absolute Gasteiger partial charge is 0.353 e. The number of nitrogens with zero attached hydrogens (tertiary/aromatic N) is 1. The van der Waals surface area contributed by atoms with E-state index in [2.05, 4.69) is 61.1 Å². The molecule has 0 radical (unpaired) electrons. The number of hydrogen-bond acceptors (Lipinski definition) is 1. The summed E-state index contributed by atoms with van der Waals surface area (Å²) in [6.45, 7) is 7.71. The molecule has 130 valence electrons. The van der Waals surface area contributed by atoms with E-state index in [1.807, 2.05) is 0 Å². The molecule has 1 N–H and O–H groups in total. The first-order chi connectivity index (χ1) is 11.6. The fourth-order valence-electron chi connectivity index (χ4n) is 4.10. The minimum atomic E-state index is 0.203. The number of aryl methyl sites for hydroxylation is 2. The van der Waals surface area contributed by atoms with Crippen LogP contribution in [0, 0.1) is 11.8 Å². The van der Waals surface area contributed by atoms with Gasteiger partial charge in [-0.15, -0.1) is 0 Å². The molecule has 1 amide bonds. The third-order valence-corrected chi connectivity index (χ3v) is 5.89. The molecule has 1 fully saturated rings. The number of para-hydroxylation sites is 1. The van der Waals surface area contributed by atoms with Crippen LogP contribution >= 0.6 is 0 Å². The van der Waals surface area contributed by atoms with E-state index in [0.717, 1.165) is 19.4 Å². The van der Waals surface area contributed by atoms with Gasteiger partial charge in [0.05, 0.1) is 0 Å². The summed E-state index contributed by atoms with van der Waals surface area (Å²) in [7, 11) is 0. The summed E-state index contributed by atoms with van der Waals surface area (Å²) in [5, 5.41) is 4.58. The smallest absolute Gasteiger partial charge is 0.220 e. The number of amides is 1. The molecular weight excluding hydrogens is 296 g/mol. The second kappa shape index (κ2) is 7.42. The lowest BCUT2D eigenvalue weighted by Crippen LogP contribution is -2.43. The Morgan fingerprint density at radius 2 is 2.04 bits per heavy atom. The van der Waals surface area contributed by atoms with Gasteiger partial charge in [0, 0.05) is 36.1 Å². The molecule has 3 heteroatoms. The van der Waals surface area contributed by atoms with Crippen LogP contribution in [0.15, 0.2) is 30.5 Å². The van der Waals surface area contributed by atoms with E-state index in [9.17, 15) is 4.79 Å². The van der Waals surface area contributed by atoms with Crippen molar-refractivity contribution >= 4 is 16.8 Å². The van der Waals surface area contributed by atoms with Crippen molar-refractivity contribution in [1.82, 2.24) is 9.88 Å². The minimum Gasteiger partial charge on any atom is -0.353 e. The van der Waals surface area contributed by atoms with Gasteiger partial charge in [0.25, 0.3) is 0 Å². The topological polar surface area (TPSA) is 34.0 Å². The summed E-state index contributed by atoms with van der Waals surface area (Å²) in [6.07, 6.45) is 7.27. The molecule has 2 aromatic rings. The van der Waals surface area contributed by atoms with Crippen LogP contribution in [0.3, 0.4) is 0 Å². The van der Waals surface area contributed by atoms with Crippen molar-refractivity contribution in [2.24, 2.45) is 11.8 Å². The maximum absolute atomic E-state index is 12.4. The third kappa shape index (κ3) is 3.50. The molecule has 1 aromatic heterocycles. The van der Waals surface area contributed by atoms with E-state index in [1.165, 1.54) is 29.3 Å². The molecule has 3 unspecified atom stereocenters. The molecule has 3 atom stereocenters. The lowest BCUT2D eigenvalue weighted by molar-refractivity contribution is -0.122. The normalized spacial score (nSPS) is 24.2. The number of rotatable bonds is 5. The van der Waals surface area contributed by atoms with Gasteiger partial charge in [0.15, 0.2) is 0 Å². The van der Waals surface area contributed by atoms with Gasteiger partial charge in [-0.1, -0.05) is 44.9 Å². The zero-order chi connectivity index (χ0) is 17.1. The van der Waals surface area contributed by atoms with E-state index >= 15 is 0 Å². The summed E-state index contributed by atoms with van der Waals surface area (Å²) < 4.78 is 2.27. The number of aromatic nitrogens is 1. The average Bonchev–Trinajstić information content (AvgIpc) is 2.95. The highest BCUT2D eigenvalue weighted by molar-refractivity contribution is 5.85. The zero-order valence-corrected chi connectivity index (χ0v) is 15.2. The fourth-order valence-corrected chi connectivity index (χ4v) is 4.10. The van der Waals surface area contributed by atoms with Crippen molar-refractivity contribution in [2.75, 3.05) is 0 Å². The predicted octanol–water partition coefficient (Wildman–Crippen LogP) is 4.53. The highest BCUT2D eigenvalue weighted by Crippen LogP contribution is 2.29. The Kier molecular flexibility index (Phi) is 5.27. The van der Waals surface area contributed by atoms with Crippen molar-refractivity contribution in [2.45, 2.75) is 65.5 Å². The van der Waals surface area contributed by atoms with Gasteiger partial charge in [-0.2, -0.15) is 0 Å². The summed E-state index contributed by atoms with van der Waals surface area (Å²) in [4.78, 5) is 12.4. The molecule has 24 heavy (non-hydrogen) atoms. The van der Waals surface area contributed by atoms with Crippen LogP contribution in [0.25, 0.3) is 10.9 Å². The van der Waals surface area contributed by atoms with Crippen LogP contribution in [0.5, 0.6) is 0 Å². The lowest BCUT2D eigenvalue weighted by Gasteiger charge is -2.34. The highest BCUT2D eigenvalue weighted by Gasteiger charge is 2.27. The Labute approximate surface area is 145 Å². The van der Waals surface area contributed by atoms with Crippen molar-refractivity contribution in [3.8, 4) is 0 Å². The Morgan fingerprint density at radius 3 is 2.83 bits per heavy atom. The van der Waals surface area contributed by atoms with Gasteiger partial charge in [-0.25, -0.2) is 0 Å². The zero-order valence-electron chi connectivity index (χ0n) is 15.2. The second-order valence-electron chi connectivity index (χ2n) is 7.40. The number of carbonyl (C=O) groups is 1. The monoisotopic (exact) mass is 326 g/mol. The van der Waals surface area contributed by atoms with E-state index in [4.69, 9.17) is 0 Å². The van der Waals surface area contributed by atoms with E-state index in [-0.39, 0.29) is 5.91 Å². The quantitative estimate of drug-likeness (QED) is 0.860. The van der Waals surface area contributed by atoms with Crippen molar-refractivity contribution in [3.63, 3.8) is 0 Å². The third-order valence-electron chi connectivity index (χ3n) is 5.89. The van der Waals surface area contributed by atoms with Crippen molar-refractivity contribution in [1.29, 1.82) is 0 Å². The maximum Gasteiger partial charge on any atom is 0.220 e. The molecule has 3 nitrogen and oxygen atoms in total. The number of carbonyl (C=O) groups excluding carboxylic acids is 1. The summed E-state index contributed by atoms with van der Waals surface area (Å²) in [5.41, 5.74) is 2.55. The van der Waals surface area contributed by atoms with Crippen LogP contribution in [0.1, 0.15) is 52.0 Å². The molecule has 1 saturated carbocycles. The minimum absolute atomic E-state index is 0.203. The van der Waals surface area contributed by atoms with Gasteiger partial charge in [-0.3, -0.25) is 4.79 Å². The summed E-state index contributed by atoms with van der Waals surface area (Å²) in [6, 6.07) is 8.85. The van der Waals surface area contributed by atoms with Crippen molar-refractivity contribution < 1.29 is 4.79 Å². The standard InChI is InChI=1S/C21H30N2O/c1-4-23-14-17(18-9-5-6-11-20(18)23)12-13-21(24)22-19-10-7-8-15(2)16(19)3/h5-6,9,11,14-16,19H,4,7-8,10,12-13H2,1-3H3,(H,22,24). The van der Waals surface area contributed by atoms with Crippen LogP contribution < -0.4 is 5.32 Å². The Hall–Kier alpha value is -1.77. The SMILES string of the molecule is CCn1cc(CCC(=O)NC2CCCC(C)C2C)c2ccccc21. The maximum atomic E-state index is 12.4. The Morgan fingerprint density at radius 1 is 1.25 bits per heavy atom. The van der Waals surface area contributed by atoms with Crippen molar-refractivity contribution in [3.05, 3.63) is 36.0 Å². The number of fused-ring (bicyclic) bond motifs is 1. The molecule has 0 saturated heterocycles. The van der Waals surface area contributed by atoms with Crippen LogP contribution in [-0.2, 0) is 17.8 Å². The Balaban J connectivity index is 1.62. The number of nitrogens with one attached hydrogen (secondary N) is 1. The molecule has 1 aliphatic rings. The first-order valence-corrected chi connectivity index (χ1v) is 9.46. The number of benzene rings is 1. The van der Waals surface area contributed by atoms with Gasteiger partial charge in [-0.05, 0) is 43.2 Å². The summed E-state index contributed by atoms with van der Waals surface area (Å²) in [5.74, 6) is 1.51. The predicted molar refractivity (Wildman–Crippen MR) is 100 cm³/mol. The van der Waals surface area contributed by atoms with E-state index < -0.39 is 0 Å². The summed E-state index contributed by atoms with van der Waals surface area (Å²) >= 11 is 0.